The molecule has 0 bridgehead atoms. The van der Waals surface area contributed by atoms with Crippen LogP contribution >= 0.6 is 0 Å². The van der Waals surface area contributed by atoms with Crippen molar-refractivity contribution in [3.63, 3.8) is 0 Å². The predicted molar refractivity (Wildman–Crippen MR) is 148 cm³/mol. The van der Waals surface area contributed by atoms with E-state index in [9.17, 15) is 4.79 Å². The molecule has 0 saturated heterocycles. The van der Waals surface area contributed by atoms with Crippen molar-refractivity contribution in [1.82, 2.24) is 14.9 Å². The third-order valence-electron chi connectivity index (χ3n) is 6.27. The van der Waals surface area contributed by atoms with Crippen LogP contribution in [0, 0.1) is 0 Å². The van der Waals surface area contributed by atoms with E-state index in [1.165, 1.54) is 0 Å². The van der Waals surface area contributed by atoms with Crippen LogP contribution in [0.15, 0.2) is 85.5 Å². The minimum Gasteiger partial charge on any atom is -0.493 e. The number of nitrogens with one attached hydrogen (secondary N) is 1. The van der Waals surface area contributed by atoms with Gasteiger partial charge in [-0.25, -0.2) is 4.98 Å². The number of methoxy groups -OCH3 is 1. The maximum atomic E-state index is 12.3. The Morgan fingerprint density at radius 2 is 1.81 bits per heavy atom. The van der Waals surface area contributed by atoms with Crippen molar-refractivity contribution in [1.29, 1.82) is 0 Å². The molecule has 1 aromatic heterocycles. The number of carbonyl (C=O) groups excluding carboxylic acids is 1. The van der Waals surface area contributed by atoms with Crippen LogP contribution in [-0.2, 0) is 19.4 Å². The van der Waals surface area contributed by atoms with Gasteiger partial charge < -0.3 is 19.4 Å². The van der Waals surface area contributed by atoms with Crippen molar-refractivity contribution < 1.29 is 14.3 Å². The number of hydrogen-bond acceptors (Lipinski definition) is 4. The summed E-state index contributed by atoms with van der Waals surface area (Å²) in [5, 5.41) is 3.01. The summed E-state index contributed by atoms with van der Waals surface area (Å²) in [7, 11) is 1.67. The van der Waals surface area contributed by atoms with Gasteiger partial charge in [-0.3, -0.25) is 4.79 Å². The number of benzene rings is 3. The van der Waals surface area contributed by atoms with Gasteiger partial charge in [-0.05, 0) is 67.6 Å². The molecular weight excluding hydrogens is 462 g/mol. The number of para-hydroxylation sites is 2. The zero-order chi connectivity index (χ0) is 25.9. The van der Waals surface area contributed by atoms with Gasteiger partial charge in [0, 0.05) is 25.1 Å². The van der Waals surface area contributed by atoms with Crippen LogP contribution in [0.4, 0.5) is 0 Å². The SMILES string of the molecule is C=CCc1ccc(OCCCCn2c(CCCNC(=O)c3ccccc3)nc3ccccc32)c(OC)c1. The molecule has 192 valence electrons. The van der Waals surface area contributed by atoms with Crippen molar-refractivity contribution in [3.05, 3.63) is 102 Å². The van der Waals surface area contributed by atoms with Crippen LogP contribution in [0.25, 0.3) is 11.0 Å². The first-order chi connectivity index (χ1) is 18.2. The van der Waals surface area contributed by atoms with E-state index in [-0.39, 0.29) is 5.91 Å². The van der Waals surface area contributed by atoms with Gasteiger partial charge in [0.15, 0.2) is 11.5 Å². The van der Waals surface area contributed by atoms with Gasteiger partial charge >= 0.3 is 0 Å². The van der Waals surface area contributed by atoms with Gasteiger partial charge in [0.1, 0.15) is 5.82 Å². The molecule has 6 heteroatoms. The van der Waals surface area contributed by atoms with E-state index < -0.39 is 0 Å². The molecular formula is C31H35N3O3. The Morgan fingerprint density at radius 1 is 1.00 bits per heavy atom. The topological polar surface area (TPSA) is 65.4 Å². The lowest BCUT2D eigenvalue weighted by atomic mass is 10.1. The number of fused-ring (bicyclic) bond motifs is 1. The monoisotopic (exact) mass is 497 g/mol. The molecule has 1 heterocycles. The molecule has 0 spiro atoms. The highest BCUT2D eigenvalue weighted by molar-refractivity contribution is 5.94. The first kappa shape index (κ1) is 26.0. The number of imidazole rings is 1. The summed E-state index contributed by atoms with van der Waals surface area (Å²) in [6.45, 7) is 5.89. The minimum absolute atomic E-state index is 0.0407. The quantitative estimate of drug-likeness (QED) is 0.172. The molecule has 0 fully saturated rings. The fourth-order valence-corrected chi connectivity index (χ4v) is 4.38. The van der Waals surface area contributed by atoms with Gasteiger partial charge in [0.2, 0.25) is 0 Å². The Labute approximate surface area is 218 Å². The highest BCUT2D eigenvalue weighted by Gasteiger charge is 2.11. The summed E-state index contributed by atoms with van der Waals surface area (Å²) < 4.78 is 13.8. The zero-order valence-electron chi connectivity index (χ0n) is 21.5. The highest BCUT2D eigenvalue weighted by atomic mass is 16.5. The molecule has 4 rings (SSSR count). The molecule has 0 aliphatic rings. The van der Waals surface area contributed by atoms with Gasteiger partial charge in [-0.15, -0.1) is 6.58 Å². The number of ether oxygens (including phenoxy) is 2. The van der Waals surface area contributed by atoms with Gasteiger partial charge in [0.25, 0.3) is 5.91 Å². The summed E-state index contributed by atoms with van der Waals surface area (Å²) in [6.07, 6.45) is 6.19. The second-order valence-electron chi connectivity index (χ2n) is 8.93. The fraction of sp³-hybridized carbons (Fsp3) is 0.290. The summed E-state index contributed by atoms with van der Waals surface area (Å²) in [5.41, 5.74) is 3.98. The fourth-order valence-electron chi connectivity index (χ4n) is 4.38. The molecule has 6 nitrogen and oxygen atoms in total. The summed E-state index contributed by atoms with van der Waals surface area (Å²) in [4.78, 5) is 17.2. The van der Waals surface area contributed by atoms with Crippen LogP contribution in [0.1, 0.15) is 41.0 Å². The normalized spacial score (nSPS) is 10.8. The van der Waals surface area contributed by atoms with E-state index in [0.29, 0.717) is 18.7 Å². The van der Waals surface area contributed by atoms with Gasteiger partial charge in [-0.1, -0.05) is 42.5 Å². The van der Waals surface area contributed by atoms with Gasteiger partial charge in [-0.2, -0.15) is 0 Å². The minimum atomic E-state index is -0.0407. The van der Waals surface area contributed by atoms with Crippen LogP contribution in [0.3, 0.4) is 0 Å². The van der Waals surface area contributed by atoms with E-state index in [1.807, 2.05) is 60.7 Å². The van der Waals surface area contributed by atoms with Crippen molar-refractivity contribution in [2.45, 2.75) is 38.6 Å². The molecule has 0 radical (unpaired) electrons. The third-order valence-corrected chi connectivity index (χ3v) is 6.27. The van der Waals surface area contributed by atoms with Crippen molar-refractivity contribution in [2.24, 2.45) is 0 Å². The number of unbranched alkanes of at least 4 members (excludes halogenated alkanes) is 1. The number of hydrogen-bond donors (Lipinski definition) is 1. The van der Waals surface area contributed by atoms with Crippen LogP contribution in [0.2, 0.25) is 0 Å². The van der Waals surface area contributed by atoms with E-state index in [0.717, 1.165) is 72.6 Å². The Bertz CT molecular complexity index is 1310. The Balaban J connectivity index is 1.29. The molecule has 1 N–H and O–H groups in total. The number of aryl methyl sites for hydroxylation is 2. The lowest BCUT2D eigenvalue weighted by Gasteiger charge is -2.13. The molecule has 0 unspecified atom stereocenters. The lowest BCUT2D eigenvalue weighted by molar-refractivity contribution is 0.0953. The molecule has 4 aromatic rings. The van der Waals surface area contributed by atoms with E-state index in [4.69, 9.17) is 14.5 Å². The maximum Gasteiger partial charge on any atom is 0.251 e. The standard InChI is InChI=1S/C31H35N3O3/c1-3-12-24-18-19-28(29(23-24)36-2)37-22-10-9-21-34-27-16-8-7-15-26(27)33-30(34)17-11-20-32-31(35)25-13-5-4-6-14-25/h3-8,13-16,18-19,23H,1,9-12,17,20-22H2,2H3,(H,32,35). The zero-order valence-corrected chi connectivity index (χ0v) is 21.5. The van der Waals surface area contributed by atoms with Crippen molar-refractivity contribution in [2.75, 3.05) is 20.3 Å². The number of carbonyl (C=O) groups is 1. The third kappa shape index (κ3) is 7.00. The lowest BCUT2D eigenvalue weighted by Crippen LogP contribution is -2.24. The molecule has 0 atom stereocenters. The maximum absolute atomic E-state index is 12.3. The summed E-state index contributed by atoms with van der Waals surface area (Å²) in [6, 6.07) is 23.6. The Kier molecular flexibility index (Phi) is 9.35. The Hall–Kier alpha value is -4.06. The number of nitrogens with zero attached hydrogens (tertiary/aromatic N) is 2. The summed E-state index contributed by atoms with van der Waals surface area (Å²) >= 11 is 0. The number of rotatable bonds is 14. The Morgan fingerprint density at radius 3 is 2.62 bits per heavy atom. The van der Waals surface area contributed by atoms with Crippen molar-refractivity contribution in [3.8, 4) is 11.5 Å². The van der Waals surface area contributed by atoms with E-state index >= 15 is 0 Å². The summed E-state index contributed by atoms with van der Waals surface area (Å²) in [5.74, 6) is 2.53. The van der Waals surface area contributed by atoms with Crippen LogP contribution in [-0.4, -0.2) is 35.7 Å². The molecule has 0 saturated carbocycles. The predicted octanol–water partition coefficient (Wildman–Crippen LogP) is 6.00. The van der Waals surface area contributed by atoms with Crippen molar-refractivity contribution >= 4 is 16.9 Å². The van der Waals surface area contributed by atoms with E-state index in [1.54, 1.807) is 7.11 Å². The molecule has 1 amide bonds. The molecule has 37 heavy (non-hydrogen) atoms. The number of allylic oxidation sites excluding steroid dienone is 1. The largest absolute Gasteiger partial charge is 0.493 e. The van der Waals surface area contributed by atoms with Gasteiger partial charge in [0.05, 0.1) is 24.8 Å². The van der Waals surface area contributed by atoms with E-state index in [2.05, 4.69) is 34.7 Å². The first-order valence-electron chi connectivity index (χ1n) is 12.9. The smallest absolute Gasteiger partial charge is 0.251 e. The molecule has 3 aromatic carbocycles. The van der Waals surface area contributed by atoms with Crippen LogP contribution in [0.5, 0.6) is 11.5 Å². The average molecular weight is 498 g/mol. The van der Waals surface area contributed by atoms with Crippen LogP contribution < -0.4 is 14.8 Å². The number of aromatic nitrogens is 2. The second-order valence-corrected chi connectivity index (χ2v) is 8.93. The average Bonchev–Trinajstić information content (AvgIpc) is 3.29. The molecule has 0 aliphatic heterocycles. The highest BCUT2D eigenvalue weighted by Crippen LogP contribution is 2.28. The number of amides is 1. The first-order valence-corrected chi connectivity index (χ1v) is 12.9. The second kappa shape index (κ2) is 13.3. The molecule has 0 aliphatic carbocycles.